The second-order valence-electron chi connectivity index (χ2n) is 25.7. The minimum atomic E-state index is -2.35. The van der Waals surface area contributed by atoms with Gasteiger partial charge in [0.05, 0.1) is 41.3 Å². The maximum absolute atomic E-state index is 16.0. The molecular weight excluding hydrogens is 1440 g/mol. The maximum Gasteiger partial charge on any atom is 0.330 e. The number of ether oxygens (including phenoxy) is 6. The number of likely N-dealkylation sites (N-methyl/N-ethyl adjacent to an activating group) is 1. The molecule has 37 heteroatoms. The van der Waals surface area contributed by atoms with Crippen molar-refractivity contribution in [3.63, 3.8) is 0 Å². The first-order valence-electron chi connectivity index (χ1n) is 31.6. The summed E-state index contributed by atoms with van der Waals surface area (Å²) < 4.78 is 38.3. The number of carbonyl (C=O) groups excluding carboxylic acids is 7. The number of phenolic OH excluding ortho intramolecular Hbond substituents is 3. The lowest BCUT2D eigenvalue weighted by atomic mass is 9.86. The molecular formula is C66H77Cl4N9O24. The lowest BCUT2D eigenvalue weighted by molar-refractivity contribution is -0.333. The number of aliphatic hydroxyl groups is 6. The Morgan fingerprint density at radius 1 is 0.709 bits per heavy atom. The van der Waals surface area contributed by atoms with Crippen LogP contribution in [0.4, 0.5) is 0 Å². The summed E-state index contributed by atoms with van der Waals surface area (Å²) in [4.78, 5) is 117. The summed E-state index contributed by atoms with van der Waals surface area (Å²) >= 11 is 14.1. The number of benzene rings is 5. The highest BCUT2D eigenvalue weighted by atomic mass is 35.5. The van der Waals surface area contributed by atoms with Gasteiger partial charge < -0.3 is 128 Å². The van der Waals surface area contributed by atoms with Gasteiger partial charge in [-0.2, -0.15) is 0 Å². The number of phenols is 3. The molecule has 7 heterocycles. The number of nitrogens with one attached hydrogen (secondary N) is 7. The van der Waals surface area contributed by atoms with Crippen molar-refractivity contribution in [1.29, 1.82) is 0 Å². The molecule has 7 amide bonds. The molecule has 0 aromatic heterocycles. The zero-order valence-corrected chi connectivity index (χ0v) is 58.3. The molecule has 7 aliphatic heterocycles. The first-order valence-corrected chi connectivity index (χ1v) is 32.4. The largest absolute Gasteiger partial charge is 0.508 e. The minimum Gasteiger partial charge on any atom is -0.508 e. The Balaban J connectivity index is 0.00000672. The fourth-order valence-corrected chi connectivity index (χ4v) is 12.9. The van der Waals surface area contributed by atoms with Crippen LogP contribution in [0.2, 0.25) is 10.0 Å². The van der Waals surface area contributed by atoms with E-state index in [-0.39, 0.29) is 71.0 Å². The number of fused-ring (bicyclic) bond motifs is 15. The molecule has 11 bridgehead atoms. The number of aliphatic hydroxyl groups excluding tert-OH is 6. The Hall–Kier alpha value is -8.62. The second kappa shape index (κ2) is 32.6. The van der Waals surface area contributed by atoms with Crippen molar-refractivity contribution in [2.45, 2.75) is 156 Å². The predicted octanol–water partition coefficient (Wildman–Crippen LogP) is 0.950. The molecule has 5 aromatic carbocycles. The van der Waals surface area contributed by atoms with Crippen LogP contribution in [0.25, 0.3) is 11.1 Å². The number of hydrogen-bond acceptors (Lipinski definition) is 25. The Morgan fingerprint density at radius 2 is 1.30 bits per heavy atom. The Labute approximate surface area is 608 Å². The van der Waals surface area contributed by atoms with Crippen molar-refractivity contribution < 1.29 is 118 Å². The number of aromatic hydroxyl groups is 3. The molecule has 2 fully saturated rings. The molecule has 18 atom stereocenters. The quantitative estimate of drug-likeness (QED) is 0.0780. The molecule has 18 unspecified atom stereocenters. The zero-order valence-electron chi connectivity index (χ0n) is 55.1. The van der Waals surface area contributed by atoms with Crippen LogP contribution in [0.1, 0.15) is 105 Å². The monoisotopic (exact) mass is 1520 g/mol. The van der Waals surface area contributed by atoms with E-state index in [9.17, 15) is 75.0 Å². The molecule has 103 heavy (non-hydrogen) atoms. The molecule has 558 valence electrons. The van der Waals surface area contributed by atoms with Gasteiger partial charge in [-0.25, -0.2) is 4.79 Å². The van der Waals surface area contributed by atoms with Gasteiger partial charge in [0.1, 0.15) is 89.5 Å². The predicted molar refractivity (Wildman–Crippen MR) is 364 cm³/mol. The van der Waals surface area contributed by atoms with Crippen LogP contribution >= 0.6 is 48.0 Å². The summed E-state index contributed by atoms with van der Waals surface area (Å²) in [6, 6.07) is -0.679. The van der Waals surface area contributed by atoms with E-state index in [1.807, 2.05) is 13.8 Å². The number of carboxylic acids is 1. The third-order valence-electron chi connectivity index (χ3n) is 17.8. The van der Waals surface area contributed by atoms with Gasteiger partial charge >= 0.3 is 5.97 Å². The number of primary amides is 1. The van der Waals surface area contributed by atoms with Crippen LogP contribution in [0.5, 0.6) is 46.0 Å². The summed E-state index contributed by atoms with van der Waals surface area (Å²) in [5, 5.41) is 131. The van der Waals surface area contributed by atoms with E-state index in [4.69, 9.17) is 63.1 Å². The number of carbonyl (C=O) groups is 8. The molecule has 5 aromatic rings. The summed E-state index contributed by atoms with van der Waals surface area (Å²) in [5.74, 6) is -16.0. The molecule has 21 N–H and O–H groups in total. The van der Waals surface area contributed by atoms with Gasteiger partial charge in [0.2, 0.25) is 53.4 Å². The van der Waals surface area contributed by atoms with E-state index in [1.54, 1.807) is 0 Å². The second-order valence-corrected chi connectivity index (χ2v) is 26.5. The average Bonchev–Trinajstić information content (AvgIpc) is 0.773. The maximum atomic E-state index is 16.0. The fraction of sp³-hybridized carbons (Fsp3) is 0.424. The Bertz CT molecular complexity index is 4080. The number of rotatable bonds is 13. The number of halogens is 4. The van der Waals surface area contributed by atoms with Gasteiger partial charge in [-0.1, -0.05) is 55.2 Å². The number of aliphatic carboxylic acids is 1. The van der Waals surface area contributed by atoms with Crippen LogP contribution in [0.15, 0.2) is 78.9 Å². The third kappa shape index (κ3) is 17.1. The van der Waals surface area contributed by atoms with E-state index in [1.165, 1.54) is 33.0 Å². The zero-order chi connectivity index (χ0) is 73.5. The molecule has 7 aliphatic rings. The van der Waals surface area contributed by atoms with E-state index in [2.05, 4.69) is 37.2 Å². The van der Waals surface area contributed by atoms with Gasteiger partial charge in [0.15, 0.2) is 29.9 Å². The third-order valence-corrected chi connectivity index (χ3v) is 18.4. The minimum absolute atomic E-state index is 0. The highest BCUT2D eigenvalue weighted by Gasteiger charge is 2.51. The van der Waals surface area contributed by atoms with Crippen LogP contribution in [0.3, 0.4) is 0 Å². The molecule has 0 aliphatic carbocycles. The fourth-order valence-electron chi connectivity index (χ4n) is 12.5. The lowest BCUT2D eigenvalue weighted by Gasteiger charge is -2.47. The van der Waals surface area contributed by atoms with E-state index in [0.29, 0.717) is 0 Å². The average molecular weight is 1520 g/mol. The Kier molecular flexibility index (Phi) is 25.3. The van der Waals surface area contributed by atoms with Crippen LogP contribution < -0.4 is 62.9 Å². The van der Waals surface area contributed by atoms with Crippen LogP contribution in [-0.4, -0.2) is 191 Å². The van der Waals surface area contributed by atoms with Crippen molar-refractivity contribution >= 4 is 95.3 Å². The smallest absolute Gasteiger partial charge is 0.330 e. The molecule has 0 radical (unpaired) electrons. The van der Waals surface area contributed by atoms with Gasteiger partial charge in [-0.15, -0.1) is 24.8 Å². The Morgan fingerprint density at radius 3 is 1.87 bits per heavy atom. The van der Waals surface area contributed by atoms with Gasteiger partial charge in [-0.3, -0.25) is 33.6 Å². The van der Waals surface area contributed by atoms with Crippen molar-refractivity contribution in [3.05, 3.63) is 117 Å². The molecule has 2 saturated heterocycles. The van der Waals surface area contributed by atoms with Crippen LogP contribution in [-0.2, 0) is 52.6 Å². The standard InChI is InChI=1S/C66H75Cl2N9O24.2ClH/c1-23(2)12-34(71-5)58(88)76-49-51(83)26-7-10-38(32(67)14-26)97-40-16-28-17-41(55(40)101-65-56(54(86)53(85)42(22-78)99-65)100-44-21-66(4,70)57(87)24(3)96-44)98-39-11-8-27(15-33(39)68)52(84)50-63(93)75-48(64(94)95)31-18-29(79)19-37(81)45(31)30-13-25(6-9-36(30)80)46(60(90)77-50)74-61(91)47(28)73-59(89)35(20-43(69)82)72-62(49)92;;/h6-11,13-19,23-24,34-35,42,44,46-54,56-57,65,71,78-81,83-87H,12,20-22,70H2,1-5H3,(H2,69,82)(H,72,92)(H,73,89)(H,74,91)(H,75,93)(H,76,88)(H,77,90)(H,94,95);2*1H. The molecule has 12 rings (SSSR count). The first kappa shape index (κ1) is 80.1. The van der Waals surface area contributed by atoms with Crippen molar-refractivity contribution in [3.8, 4) is 57.1 Å². The summed E-state index contributed by atoms with van der Waals surface area (Å²) in [5.41, 5.74) is 8.00. The highest BCUT2D eigenvalue weighted by Crippen LogP contribution is 2.50. The number of hydrogen-bond donors (Lipinski definition) is 19. The summed E-state index contributed by atoms with van der Waals surface area (Å²) in [6.07, 6.45) is -18.6. The normalized spacial score (nSPS) is 28.9. The van der Waals surface area contributed by atoms with Crippen molar-refractivity contribution in [2.24, 2.45) is 17.4 Å². The topological polar surface area (TPSA) is 530 Å². The van der Waals surface area contributed by atoms with E-state index < -0.39 is 237 Å². The SMILES string of the molecule is CNC(CC(C)C)C(=O)NC1C(=O)NC(CC(N)=O)C(=O)NC2C(=O)NC3C(=O)NC(C(=O)NC(C(=O)O)c4cc(O)cc(O)c4-c4cc3ccc4O)C(O)c3ccc(c(Cl)c3)Oc3cc2cc(c3OC2OC(CO)C(O)C(O)C2OC2CC(C)(N)C(O)C(C)O2)Oc2ccc(cc2Cl)C1O.Cl.Cl. The van der Waals surface area contributed by atoms with Crippen LogP contribution in [0, 0.1) is 5.92 Å². The lowest BCUT2D eigenvalue weighted by Crippen LogP contribution is -2.64. The van der Waals surface area contributed by atoms with E-state index in [0.717, 1.165) is 66.7 Å². The number of carboxylic acid groups (broad SMARTS) is 1. The molecule has 0 saturated carbocycles. The van der Waals surface area contributed by atoms with Gasteiger partial charge in [0, 0.05) is 34.7 Å². The number of nitrogens with two attached hydrogens (primary N) is 2. The summed E-state index contributed by atoms with van der Waals surface area (Å²) in [6.45, 7) is 5.66. The first-order chi connectivity index (χ1) is 47.7. The number of amides is 7. The van der Waals surface area contributed by atoms with Gasteiger partial charge in [0.25, 0.3) is 0 Å². The van der Waals surface area contributed by atoms with Crippen molar-refractivity contribution in [2.75, 3.05) is 13.7 Å². The van der Waals surface area contributed by atoms with E-state index >= 15 is 14.4 Å². The summed E-state index contributed by atoms with van der Waals surface area (Å²) in [7, 11) is 1.47. The molecule has 0 spiro atoms. The van der Waals surface area contributed by atoms with Crippen molar-refractivity contribution in [1.82, 2.24) is 37.2 Å². The molecule has 33 nitrogen and oxygen atoms in total. The van der Waals surface area contributed by atoms with Gasteiger partial charge in [-0.05, 0) is 110 Å². The highest BCUT2D eigenvalue weighted by molar-refractivity contribution is 6.32.